The van der Waals surface area contributed by atoms with E-state index in [1.54, 1.807) is 16.8 Å². The molecular formula is C23H18ClN3O. The maximum atomic E-state index is 13.1. The minimum Gasteiger partial charge on any atom is -0.268 e. The Morgan fingerprint density at radius 2 is 1.75 bits per heavy atom. The predicted octanol–water partition coefficient (Wildman–Crippen LogP) is 5.41. The molecule has 0 aliphatic heterocycles. The van der Waals surface area contributed by atoms with Crippen LogP contribution in [0.5, 0.6) is 0 Å². The fraction of sp³-hybridized carbons (Fsp3) is 0.0870. The van der Waals surface area contributed by atoms with E-state index in [-0.39, 0.29) is 5.56 Å². The Morgan fingerprint density at radius 1 is 1.00 bits per heavy atom. The van der Waals surface area contributed by atoms with Crippen molar-refractivity contribution in [1.29, 1.82) is 0 Å². The van der Waals surface area contributed by atoms with Gasteiger partial charge in [-0.15, -0.1) is 0 Å². The van der Waals surface area contributed by atoms with E-state index >= 15 is 0 Å². The number of rotatable bonds is 3. The van der Waals surface area contributed by atoms with E-state index < -0.39 is 0 Å². The largest absolute Gasteiger partial charge is 0.268 e. The zero-order chi connectivity index (χ0) is 19.7. The lowest BCUT2D eigenvalue weighted by molar-refractivity contribution is 0.888. The third-order valence-corrected chi connectivity index (χ3v) is 4.86. The average Bonchev–Trinajstić information content (AvgIpc) is 2.69. The molecule has 0 aliphatic rings. The minimum atomic E-state index is -0.0787. The van der Waals surface area contributed by atoms with E-state index in [2.05, 4.69) is 9.98 Å². The molecule has 4 aromatic rings. The number of fused-ring (bicyclic) bond motifs is 1. The van der Waals surface area contributed by atoms with Crippen LogP contribution in [0, 0.1) is 13.8 Å². The normalized spacial score (nSPS) is 11.4. The van der Waals surface area contributed by atoms with Crippen LogP contribution in [-0.4, -0.2) is 15.8 Å². The number of aliphatic imine (C=N–C) groups is 1. The first kappa shape index (κ1) is 18.1. The summed E-state index contributed by atoms with van der Waals surface area (Å²) >= 11 is 5.91. The van der Waals surface area contributed by atoms with Gasteiger partial charge in [-0.3, -0.25) is 14.4 Å². The molecule has 3 aromatic carbocycles. The van der Waals surface area contributed by atoms with Gasteiger partial charge in [0.05, 0.1) is 22.3 Å². The monoisotopic (exact) mass is 387 g/mol. The molecule has 0 radical (unpaired) electrons. The first-order valence-corrected chi connectivity index (χ1v) is 9.30. The van der Waals surface area contributed by atoms with Crippen LogP contribution in [0.3, 0.4) is 0 Å². The van der Waals surface area contributed by atoms with E-state index in [1.807, 2.05) is 74.5 Å². The van der Waals surface area contributed by atoms with Crippen molar-refractivity contribution in [2.24, 2.45) is 4.99 Å². The summed E-state index contributed by atoms with van der Waals surface area (Å²) in [5, 5.41) is 1.26. The number of aromatic nitrogens is 2. The lowest BCUT2D eigenvalue weighted by Gasteiger charge is -2.13. The summed E-state index contributed by atoms with van der Waals surface area (Å²) in [6, 6.07) is 20.7. The SMILES string of the molecule is Cc1ccccc1-n1c(C)nc2cc(N=Cc3ccc(Cl)cc3)ccc2c1=O. The van der Waals surface area contributed by atoms with E-state index in [9.17, 15) is 4.79 Å². The zero-order valence-corrected chi connectivity index (χ0v) is 16.3. The molecule has 1 heterocycles. The molecule has 5 heteroatoms. The van der Waals surface area contributed by atoms with Crippen molar-refractivity contribution in [3.05, 3.63) is 99.1 Å². The molecule has 138 valence electrons. The van der Waals surface area contributed by atoms with Gasteiger partial charge in [-0.1, -0.05) is 41.9 Å². The fourth-order valence-corrected chi connectivity index (χ4v) is 3.29. The number of halogens is 1. The molecule has 0 amide bonds. The van der Waals surface area contributed by atoms with E-state index in [4.69, 9.17) is 11.6 Å². The number of hydrogen-bond acceptors (Lipinski definition) is 3. The first-order valence-electron chi connectivity index (χ1n) is 8.92. The Hall–Kier alpha value is -3.24. The van der Waals surface area contributed by atoms with E-state index in [1.165, 1.54) is 0 Å². The molecule has 0 atom stereocenters. The Balaban J connectivity index is 1.77. The van der Waals surface area contributed by atoms with Crippen LogP contribution in [-0.2, 0) is 0 Å². The van der Waals surface area contributed by atoms with Gasteiger partial charge in [0.1, 0.15) is 5.82 Å². The van der Waals surface area contributed by atoms with Crippen LogP contribution in [0.2, 0.25) is 5.02 Å². The summed E-state index contributed by atoms with van der Waals surface area (Å²) in [7, 11) is 0. The zero-order valence-electron chi connectivity index (χ0n) is 15.6. The molecule has 0 fully saturated rings. The first-order chi connectivity index (χ1) is 13.5. The van der Waals surface area contributed by atoms with Crippen molar-refractivity contribution in [3.63, 3.8) is 0 Å². The highest BCUT2D eigenvalue weighted by atomic mass is 35.5. The third-order valence-electron chi connectivity index (χ3n) is 4.61. The topological polar surface area (TPSA) is 47.2 Å². The molecule has 1 aromatic heterocycles. The molecule has 0 bridgehead atoms. The number of aryl methyl sites for hydroxylation is 2. The van der Waals surface area contributed by atoms with Crippen LogP contribution in [0.15, 0.2) is 76.5 Å². The number of nitrogens with zero attached hydrogens (tertiary/aromatic N) is 3. The van der Waals surface area contributed by atoms with Crippen molar-refractivity contribution in [2.45, 2.75) is 13.8 Å². The molecule has 0 N–H and O–H groups in total. The highest BCUT2D eigenvalue weighted by Gasteiger charge is 2.11. The summed E-state index contributed by atoms with van der Waals surface area (Å²) in [5.74, 6) is 0.644. The number of benzene rings is 3. The molecular weight excluding hydrogens is 370 g/mol. The average molecular weight is 388 g/mol. The van der Waals surface area contributed by atoms with Crippen LogP contribution in [0.1, 0.15) is 17.0 Å². The second kappa shape index (κ2) is 7.41. The highest BCUT2D eigenvalue weighted by Crippen LogP contribution is 2.20. The lowest BCUT2D eigenvalue weighted by atomic mass is 10.1. The van der Waals surface area contributed by atoms with Crippen molar-refractivity contribution in [1.82, 2.24) is 9.55 Å². The Morgan fingerprint density at radius 3 is 2.50 bits per heavy atom. The smallest absolute Gasteiger partial charge is 0.265 e. The lowest BCUT2D eigenvalue weighted by Crippen LogP contribution is -2.22. The van der Waals surface area contributed by atoms with Gasteiger partial charge in [0, 0.05) is 11.2 Å². The predicted molar refractivity (Wildman–Crippen MR) is 116 cm³/mol. The molecule has 0 aliphatic carbocycles. The molecule has 0 saturated carbocycles. The summed E-state index contributed by atoms with van der Waals surface area (Å²) < 4.78 is 1.66. The Bertz CT molecular complexity index is 1260. The maximum absolute atomic E-state index is 13.1. The van der Waals surface area contributed by atoms with E-state index in [0.717, 1.165) is 22.5 Å². The van der Waals surface area contributed by atoms with Gasteiger partial charge in [0.15, 0.2) is 0 Å². The second-order valence-electron chi connectivity index (χ2n) is 6.60. The highest BCUT2D eigenvalue weighted by molar-refractivity contribution is 6.30. The molecule has 0 spiro atoms. The van der Waals surface area contributed by atoms with Gasteiger partial charge >= 0.3 is 0 Å². The van der Waals surface area contributed by atoms with Crippen LogP contribution >= 0.6 is 11.6 Å². The summed E-state index contributed by atoms with van der Waals surface area (Å²) in [4.78, 5) is 22.2. The van der Waals surface area contributed by atoms with Crippen LogP contribution in [0.4, 0.5) is 5.69 Å². The van der Waals surface area contributed by atoms with Gasteiger partial charge in [-0.05, 0) is 61.4 Å². The summed E-state index contributed by atoms with van der Waals surface area (Å²) in [6.07, 6.45) is 1.76. The van der Waals surface area contributed by atoms with Crippen LogP contribution < -0.4 is 5.56 Å². The van der Waals surface area contributed by atoms with Crippen molar-refractivity contribution in [3.8, 4) is 5.69 Å². The minimum absolute atomic E-state index is 0.0787. The van der Waals surface area contributed by atoms with Crippen molar-refractivity contribution >= 4 is 34.4 Å². The van der Waals surface area contributed by atoms with Crippen molar-refractivity contribution < 1.29 is 0 Å². The number of para-hydroxylation sites is 1. The summed E-state index contributed by atoms with van der Waals surface area (Å²) in [5.41, 5.74) is 4.12. The van der Waals surface area contributed by atoms with Gasteiger partial charge < -0.3 is 0 Å². The molecule has 4 rings (SSSR count). The van der Waals surface area contributed by atoms with Gasteiger partial charge in [-0.2, -0.15) is 0 Å². The molecule has 28 heavy (non-hydrogen) atoms. The van der Waals surface area contributed by atoms with Gasteiger partial charge in [-0.25, -0.2) is 4.98 Å². The fourth-order valence-electron chi connectivity index (χ4n) is 3.16. The standard InChI is InChI=1S/C23H18ClN3O/c1-15-5-3-4-6-22(15)27-16(2)26-21-13-19(11-12-20(21)23(27)28)25-14-17-7-9-18(24)10-8-17/h3-14H,1-2H3. The third kappa shape index (κ3) is 3.47. The van der Waals surface area contributed by atoms with Gasteiger partial charge in [0.2, 0.25) is 0 Å². The number of hydrogen-bond donors (Lipinski definition) is 0. The Kier molecular flexibility index (Phi) is 4.80. The molecule has 4 nitrogen and oxygen atoms in total. The van der Waals surface area contributed by atoms with Crippen molar-refractivity contribution in [2.75, 3.05) is 0 Å². The maximum Gasteiger partial charge on any atom is 0.265 e. The Labute approximate surface area is 167 Å². The summed E-state index contributed by atoms with van der Waals surface area (Å²) in [6.45, 7) is 3.83. The molecule has 0 unspecified atom stereocenters. The quantitative estimate of drug-likeness (QED) is 0.441. The van der Waals surface area contributed by atoms with E-state index in [0.29, 0.717) is 21.7 Å². The molecule has 0 saturated heterocycles. The van der Waals surface area contributed by atoms with Crippen LogP contribution in [0.25, 0.3) is 16.6 Å². The van der Waals surface area contributed by atoms with Gasteiger partial charge in [0.25, 0.3) is 5.56 Å². The second-order valence-corrected chi connectivity index (χ2v) is 7.03.